The van der Waals surface area contributed by atoms with E-state index in [-0.39, 0.29) is 5.97 Å². The van der Waals surface area contributed by atoms with Crippen LogP contribution in [0.4, 0.5) is 0 Å². The summed E-state index contributed by atoms with van der Waals surface area (Å²) in [4.78, 5) is 10.9. The van der Waals surface area contributed by atoms with E-state index in [1.54, 1.807) is 0 Å². The third-order valence-electron chi connectivity index (χ3n) is 2.75. The standard InChI is InChI=1S/C14H20O3Si/c1-2-14(15)16-10-6-9-13(11-17-18)12-7-4-3-5-8-12/h2-5,7-8,13H,1,6,9-11H2,18H3. The molecule has 0 fully saturated rings. The number of hydrogen-bond donors (Lipinski definition) is 0. The van der Waals surface area contributed by atoms with Crippen LogP contribution in [0.2, 0.25) is 0 Å². The Morgan fingerprint density at radius 2 is 2.11 bits per heavy atom. The molecule has 0 aliphatic rings. The molecule has 3 nitrogen and oxygen atoms in total. The number of hydrogen-bond acceptors (Lipinski definition) is 3. The molecule has 0 aliphatic heterocycles. The van der Waals surface area contributed by atoms with Gasteiger partial charge in [0.25, 0.3) is 0 Å². The van der Waals surface area contributed by atoms with Crippen LogP contribution in [-0.4, -0.2) is 29.7 Å². The smallest absolute Gasteiger partial charge is 0.330 e. The molecule has 1 aromatic carbocycles. The summed E-state index contributed by atoms with van der Waals surface area (Å²) in [6.45, 7) is 4.54. The Morgan fingerprint density at radius 3 is 2.72 bits per heavy atom. The van der Waals surface area contributed by atoms with Gasteiger partial charge in [0.1, 0.15) is 10.5 Å². The summed E-state index contributed by atoms with van der Waals surface area (Å²) >= 11 is 0. The summed E-state index contributed by atoms with van der Waals surface area (Å²) in [5.41, 5.74) is 1.28. The van der Waals surface area contributed by atoms with Gasteiger partial charge < -0.3 is 9.16 Å². The van der Waals surface area contributed by atoms with Crippen molar-refractivity contribution in [1.82, 2.24) is 0 Å². The van der Waals surface area contributed by atoms with Crippen LogP contribution >= 0.6 is 0 Å². The second-order valence-electron chi connectivity index (χ2n) is 4.08. The molecule has 1 rings (SSSR count). The summed E-state index contributed by atoms with van der Waals surface area (Å²) in [7, 11) is 0.746. The Balaban J connectivity index is 2.39. The lowest BCUT2D eigenvalue weighted by Gasteiger charge is -2.16. The van der Waals surface area contributed by atoms with E-state index in [4.69, 9.17) is 9.16 Å². The lowest BCUT2D eigenvalue weighted by Crippen LogP contribution is -2.09. The molecule has 0 radical (unpaired) electrons. The van der Waals surface area contributed by atoms with Crippen molar-refractivity contribution in [3.8, 4) is 0 Å². The van der Waals surface area contributed by atoms with E-state index in [0.717, 1.165) is 29.9 Å². The van der Waals surface area contributed by atoms with Gasteiger partial charge in [0.2, 0.25) is 0 Å². The van der Waals surface area contributed by atoms with E-state index in [1.165, 1.54) is 11.6 Å². The van der Waals surface area contributed by atoms with Crippen molar-refractivity contribution in [2.75, 3.05) is 13.2 Å². The van der Waals surface area contributed by atoms with E-state index in [1.807, 2.05) is 18.2 Å². The number of carbonyl (C=O) groups is 1. The highest BCUT2D eigenvalue weighted by Crippen LogP contribution is 2.21. The zero-order valence-electron chi connectivity index (χ0n) is 10.8. The molecule has 0 amide bonds. The van der Waals surface area contributed by atoms with Gasteiger partial charge in [-0.1, -0.05) is 36.9 Å². The van der Waals surface area contributed by atoms with Crippen molar-refractivity contribution in [3.63, 3.8) is 0 Å². The highest BCUT2D eigenvalue weighted by Gasteiger charge is 2.10. The third-order valence-corrected chi connectivity index (χ3v) is 3.08. The van der Waals surface area contributed by atoms with E-state index in [2.05, 4.69) is 18.7 Å². The maximum absolute atomic E-state index is 10.9. The molecule has 18 heavy (non-hydrogen) atoms. The number of carbonyl (C=O) groups excluding carboxylic acids is 1. The van der Waals surface area contributed by atoms with E-state index in [0.29, 0.717) is 12.5 Å². The van der Waals surface area contributed by atoms with Crippen LogP contribution in [0.5, 0.6) is 0 Å². The molecule has 0 spiro atoms. The summed E-state index contributed by atoms with van der Waals surface area (Å²) in [5, 5.41) is 0. The Hall–Kier alpha value is -1.39. The molecule has 98 valence electrons. The van der Waals surface area contributed by atoms with Gasteiger partial charge in [0.15, 0.2) is 0 Å². The van der Waals surface area contributed by atoms with Gasteiger partial charge in [-0.05, 0) is 18.4 Å². The molecular formula is C14H20O3Si. The molecule has 4 heteroatoms. The van der Waals surface area contributed by atoms with Crippen molar-refractivity contribution in [1.29, 1.82) is 0 Å². The van der Waals surface area contributed by atoms with Gasteiger partial charge >= 0.3 is 5.97 Å². The van der Waals surface area contributed by atoms with Crippen LogP contribution in [0.15, 0.2) is 43.0 Å². The topological polar surface area (TPSA) is 35.5 Å². The molecule has 0 aliphatic carbocycles. The monoisotopic (exact) mass is 264 g/mol. The molecule has 0 saturated carbocycles. The van der Waals surface area contributed by atoms with Gasteiger partial charge in [0.05, 0.1) is 6.61 Å². The number of rotatable bonds is 8. The van der Waals surface area contributed by atoms with Crippen molar-refractivity contribution in [2.24, 2.45) is 0 Å². The molecule has 0 bridgehead atoms. The minimum atomic E-state index is -0.356. The summed E-state index contributed by atoms with van der Waals surface area (Å²) < 4.78 is 10.3. The van der Waals surface area contributed by atoms with E-state index >= 15 is 0 Å². The van der Waals surface area contributed by atoms with Gasteiger partial charge in [-0.3, -0.25) is 0 Å². The van der Waals surface area contributed by atoms with Crippen LogP contribution in [-0.2, 0) is 14.0 Å². The minimum absolute atomic E-state index is 0.356. The highest BCUT2D eigenvalue weighted by atomic mass is 28.2. The maximum atomic E-state index is 10.9. The second-order valence-corrected chi connectivity index (χ2v) is 4.65. The molecule has 0 aromatic heterocycles. The molecular weight excluding hydrogens is 244 g/mol. The first-order valence-electron chi connectivity index (χ1n) is 6.11. The number of benzene rings is 1. The minimum Gasteiger partial charge on any atom is -0.463 e. The van der Waals surface area contributed by atoms with Crippen LogP contribution < -0.4 is 0 Å². The average Bonchev–Trinajstić information content (AvgIpc) is 2.43. The molecule has 0 N–H and O–H groups in total. The Bertz CT molecular complexity index is 365. The summed E-state index contributed by atoms with van der Waals surface area (Å²) in [6.07, 6.45) is 2.98. The van der Waals surface area contributed by atoms with Crippen molar-refractivity contribution in [2.45, 2.75) is 18.8 Å². The third kappa shape index (κ3) is 5.29. The lowest BCUT2D eigenvalue weighted by molar-refractivity contribution is -0.137. The highest BCUT2D eigenvalue weighted by molar-refractivity contribution is 5.97. The zero-order chi connectivity index (χ0) is 13.2. The predicted molar refractivity (Wildman–Crippen MR) is 75.5 cm³/mol. The first-order valence-corrected chi connectivity index (χ1v) is 6.92. The fourth-order valence-corrected chi connectivity index (χ4v) is 2.24. The Morgan fingerprint density at radius 1 is 1.39 bits per heavy atom. The average molecular weight is 264 g/mol. The first-order chi connectivity index (χ1) is 8.77. The molecule has 1 unspecified atom stereocenters. The SMILES string of the molecule is C=CC(=O)OCCCC(CO[SiH3])c1ccccc1. The van der Waals surface area contributed by atoms with Crippen LogP contribution in [0.25, 0.3) is 0 Å². The fourth-order valence-electron chi connectivity index (χ4n) is 1.83. The van der Waals surface area contributed by atoms with Crippen LogP contribution in [0.1, 0.15) is 24.3 Å². The molecule has 1 aromatic rings. The van der Waals surface area contributed by atoms with Crippen molar-refractivity contribution >= 4 is 16.5 Å². The van der Waals surface area contributed by atoms with Crippen LogP contribution in [0, 0.1) is 0 Å². The molecule has 0 saturated heterocycles. The van der Waals surface area contributed by atoms with Gasteiger partial charge in [0, 0.05) is 18.6 Å². The van der Waals surface area contributed by atoms with Crippen molar-refractivity contribution < 1.29 is 14.0 Å². The maximum Gasteiger partial charge on any atom is 0.330 e. The van der Waals surface area contributed by atoms with Gasteiger partial charge in [-0.15, -0.1) is 0 Å². The van der Waals surface area contributed by atoms with Gasteiger partial charge in [-0.25, -0.2) is 4.79 Å². The summed E-state index contributed by atoms with van der Waals surface area (Å²) in [6, 6.07) is 10.3. The molecule has 1 atom stereocenters. The van der Waals surface area contributed by atoms with Crippen LogP contribution in [0.3, 0.4) is 0 Å². The zero-order valence-corrected chi connectivity index (χ0v) is 12.8. The van der Waals surface area contributed by atoms with Crippen molar-refractivity contribution in [3.05, 3.63) is 48.6 Å². The largest absolute Gasteiger partial charge is 0.463 e. The fraction of sp³-hybridized carbons (Fsp3) is 0.357. The normalized spacial score (nSPS) is 12.0. The number of ether oxygens (including phenoxy) is 1. The van der Waals surface area contributed by atoms with E-state index < -0.39 is 0 Å². The first kappa shape index (κ1) is 14.7. The Labute approximate surface area is 111 Å². The lowest BCUT2D eigenvalue weighted by atomic mass is 9.95. The Kier molecular flexibility index (Phi) is 7.06. The second kappa shape index (κ2) is 8.66. The quantitative estimate of drug-likeness (QED) is 0.309. The number of esters is 1. The van der Waals surface area contributed by atoms with Gasteiger partial charge in [-0.2, -0.15) is 0 Å². The van der Waals surface area contributed by atoms with E-state index in [9.17, 15) is 4.79 Å². The summed E-state index contributed by atoms with van der Waals surface area (Å²) in [5.74, 6) is 0.0246. The molecule has 0 heterocycles. The predicted octanol–water partition coefficient (Wildman–Crippen LogP) is 1.58.